The van der Waals surface area contributed by atoms with Crippen LogP contribution in [0, 0.1) is 0 Å². The van der Waals surface area contributed by atoms with Gasteiger partial charge in [-0.1, -0.05) is 41.4 Å². The first-order valence-electron chi connectivity index (χ1n) is 6.12. The van der Waals surface area contributed by atoms with E-state index in [1.54, 1.807) is 36.4 Å². The molecule has 2 rings (SSSR count). The average Bonchev–Trinajstić information content (AvgIpc) is 2.48. The van der Waals surface area contributed by atoms with Crippen LogP contribution in [0.1, 0.15) is 5.56 Å². The zero-order valence-corrected chi connectivity index (χ0v) is 12.7. The van der Waals surface area contributed by atoms with E-state index >= 15 is 0 Å². The minimum Gasteiger partial charge on any atom is -0.496 e. The van der Waals surface area contributed by atoms with Gasteiger partial charge in [0.25, 0.3) is 0 Å². The lowest BCUT2D eigenvalue weighted by atomic mass is 9.79. The zero-order chi connectivity index (χ0) is 15.4. The molecule has 2 N–H and O–H groups in total. The van der Waals surface area contributed by atoms with Crippen LogP contribution in [-0.4, -0.2) is 24.3 Å². The minimum absolute atomic E-state index is 0.157. The summed E-state index contributed by atoms with van der Waals surface area (Å²) in [5.41, 5.74) is 1.02. The summed E-state index contributed by atoms with van der Waals surface area (Å²) in [6.45, 7) is 0.157. The van der Waals surface area contributed by atoms with Crippen LogP contribution in [0.25, 0.3) is 0 Å². The van der Waals surface area contributed by atoms with Gasteiger partial charge in [-0.3, -0.25) is 0 Å². The smallest absolute Gasteiger partial charge is 0.488 e. The van der Waals surface area contributed by atoms with Gasteiger partial charge in [0.05, 0.1) is 12.1 Å². The molecule has 7 heteroatoms. The fraction of sp³-hybridized carbons (Fsp3) is 0.143. The summed E-state index contributed by atoms with van der Waals surface area (Å²) in [6.07, 6.45) is 0. The maximum atomic E-state index is 9.21. The predicted octanol–water partition coefficient (Wildman–Crippen LogP) is 2.26. The second-order valence-electron chi connectivity index (χ2n) is 4.29. The standard InChI is InChI=1S/C14H13BCl2O4/c1-20-12-6-5-10(15(18)19)7-9(12)8-21-13-4-2-3-11(16)14(13)17/h2-7,18-19H,8H2,1H3. The Morgan fingerprint density at radius 1 is 1.10 bits per heavy atom. The summed E-state index contributed by atoms with van der Waals surface area (Å²) in [6, 6.07) is 9.91. The topological polar surface area (TPSA) is 58.9 Å². The van der Waals surface area contributed by atoms with E-state index in [4.69, 9.17) is 32.7 Å². The van der Waals surface area contributed by atoms with Gasteiger partial charge in [0.1, 0.15) is 23.1 Å². The van der Waals surface area contributed by atoms with Gasteiger partial charge in [-0.15, -0.1) is 0 Å². The number of hydrogen-bond donors (Lipinski definition) is 2. The molecule has 21 heavy (non-hydrogen) atoms. The largest absolute Gasteiger partial charge is 0.496 e. The van der Waals surface area contributed by atoms with Gasteiger partial charge in [-0.05, 0) is 23.7 Å². The minimum atomic E-state index is -1.55. The SMILES string of the molecule is COc1ccc(B(O)O)cc1COc1cccc(Cl)c1Cl. The van der Waals surface area contributed by atoms with Crippen LogP contribution in [0.5, 0.6) is 11.5 Å². The van der Waals surface area contributed by atoms with Gasteiger partial charge >= 0.3 is 7.12 Å². The van der Waals surface area contributed by atoms with Crippen molar-refractivity contribution in [3.63, 3.8) is 0 Å². The molecule has 0 saturated heterocycles. The highest BCUT2D eigenvalue weighted by atomic mass is 35.5. The van der Waals surface area contributed by atoms with E-state index in [1.807, 2.05) is 0 Å². The molecule has 0 amide bonds. The molecule has 4 nitrogen and oxygen atoms in total. The molecule has 0 bridgehead atoms. The fourth-order valence-electron chi connectivity index (χ4n) is 1.82. The molecule has 0 unspecified atom stereocenters. The van der Waals surface area contributed by atoms with Crippen LogP contribution >= 0.6 is 23.2 Å². The summed E-state index contributed by atoms with van der Waals surface area (Å²) in [5.74, 6) is 1.03. The highest BCUT2D eigenvalue weighted by molar-refractivity contribution is 6.58. The molecule has 0 heterocycles. The Morgan fingerprint density at radius 2 is 1.86 bits per heavy atom. The van der Waals surface area contributed by atoms with Gasteiger partial charge in [0.15, 0.2) is 0 Å². The van der Waals surface area contributed by atoms with Crippen LogP contribution in [0.4, 0.5) is 0 Å². The summed E-state index contributed by atoms with van der Waals surface area (Å²) in [4.78, 5) is 0. The lowest BCUT2D eigenvalue weighted by Crippen LogP contribution is -2.30. The molecule has 0 aliphatic heterocycles. The molecule has 2 aromatic rings. The molecule has 0 aromatic heterocycles. The van der Waals surface area contributed by atoms with Gasteiger partial charge in [0.2, 0.25) is 0 Å². The Balaban J connectivity index is 2.22. The average molecular weight is 327 g/mol. The Bertz CT molecular complexity index is 634. The Labute approximate surface area is 133 Å². The number of hydrogen-bond acceptors (Lipinski definition) is 4. The van der Waals surface area contributed by atoms with Crippen LogP contribution < -0.4 is 14.9 Å². The van der Waals surface area contributed by atoms with E-state index in [2.05, 4.69) is 0 Å². The summed E-state index contributed by atoms with van der Waals surface area (Å²) in [5, 5.41) is 19.2. The zero-order valence-electron chi connectivity index (χ0n) is 11.2. The van der Waals surface area contributed by atoms with Crippen molar-refractivity contribution in [3.05, 3.63) is 52.0 Å². The van der Waals surface area contributed by atoms with Crippen molar-refractivity contribution < 1.29 is 19.5 Å². The third kappa shape index (κ3) is 3.83. The van der Waals surface area contributed by atoms with Gasteiger partial charge < -0.3 is 19.5 Å². The highest BCUT2D eigenvalue weighted by Crippen LogP contribution is 2.32. The van der Waals surface area contributed by atoms with E-state index < -0.39 is 7.12 Å². The Kier molecular flexibility index (Phi) is 5.36. The van der Waals surface area contributed by atoms with Gasteiger partial charge in [-0.25, -0.2) is 0 Å². The molecule has 0 spiro atoms. The number of halogens is 2. The van der Waals surface area contributed by atoms with Crippen molar-refractivity contribution in [3.8, 4) is 11.5 Å². The van der Waals surface area contributed by atoms with Crippen LogP contribution in [0.15, 0.2) is 36.4 Å². The summed E-state index contributed by atoms with van der Waals surface area (Å²) >= 11 is 12.0. The third-order valence-electron chi connectivity index (χ3n) is 2.90. The van der Waals surface area contributed by atoms with Gasteiger partial charge in [0, 0.05) is 5.56 Å². The molecule has 0 atom stereocenters. The molecular weight excluding hydrogens is 314 g/mol. The molecule has 0 radical (unpaired) electrons. The second-order valence-corrected chi connectivity index (χ2v) is 5.07. The van der Waals surface area contributed by atoms with E-state index in [1.165, 1.54) is 7.11 Å². The third-order valence-corrected chi connectivity index (χ3v) is 3.70. The molecule has 0 aliphatic rings. The molecule has 0 fully saturated rings. The first-order chi connectivity index (χ1) is 10.0. The fourth-order valence-corrected chi connectivity index (χ4v) is 2.17. The van der Waals surface area contributed by atoms with Crippen molar-refractivity contribution in [2.75, 3.05) is 7.11 Å². The van der Waals surface area contributed by atoms with E-state index in [0.29, 0.717) is 32.6 Å². The maximum Gasteiger partial charge on any atom is 0.488 e. The Hall–Kier alpha value is -1.40. The predicted molar refractivity (Wildman–Crippen MR) is 83.6 cm³/mol. The van der Waals surface area contributed by atoms with E-state index in [0.717, 1.165) is 0 Å². The second kappa shape index (κ2) is 7.05. The molecule has 0 saturated carbocycles. The first kappa shape index (κ1) is 16.0. The van der Waals surface area contributed by atoms with Crippen molar-refractivity contribution in [1.29, 1.82) is 0 Å². The van der Waals surface area contributed by atoms with Crippen molar-refractivity contribution >= 4 is 35.8 Å². The van der Waals surface area contributed by atoms with Crippen LogP contribution in [-0.2, 0) is 6.61 Å². The maximum absolute atomic E-state index is 9.21. The number of ether oxygens (including phenoxy) is 2. The van der Waals surface area contributed by atoms with Crippen molar-refractivity contribution in [2.24, 2.45) is 0 Å². The quantitative estimate of drug-likeness (QED) is 0.827. The lowest BCUT2D eigenvalue weighted by Gasteiger charge is -2.13. The van der Waals surface area contributed by atoms with Crippen LogP contribution in [0.2, 0.25) is 10.0 Å². The summed E-state index contributed by atoms with van der Waals surface area (Å²) < 4.78 is 10.8. The summed E-state index contributed by atoms with van der Waals surface area (Å²) in [7, 11) is -0.0234. The van der Waals surface area contributed by atoms with E-state index in [9.17, 15) is 10.0 Å². The number of methoxy groups -OCH3 is 1. The van der Waals surface area contributed by atoms with E-state index in [-0.39, 0.29) is 6.61 Å². The van der Waals surface area contributed by atoms with Crippen LogP contribution in [0.3, 0.4) is 0 Å². The Morgan fingerprint density at radius 3 is 2.52 bits per heavy atom. The van der Waals surface area contributed by atoms with Gasteiger partial charge in [-0.2, -0.15) is 0 Å². The normalized spacial score (nSPS) is 10.3. The first-order valence-corrected chi connectivity index (χ1v) is 6.88. The molecule has 2 aromatic carbocycles. The number of rotatable bonds is 5. The monoisotopic (exact) mass is 326 g/mol. The van der Waals surface area contributed by atoms with Crippen molar-refractivity contribution in [2.45, 2.75) is 6.61 Å². The molecule has 0 aliphatic carbocycles. The lowest BCUT2D eigenvalue weighted by molar-refractivity contribution is 0.297. The molecular formula is C14H13BCl2O4. The molecule has 110 valence electrons. The highest BCUT2D eigenvalue weighted by Gasteiger charge is 2.15. The van der Waals surface area contributed by atoms with Crippen molar-refractivity contribution in [1.82, 2.24) is 0 Å². The number of benzene rings is 2.